The van der Waals surface area contributed by atoms with Gasteiger partial charge in [0.1, 0.15) is 6.61 Å². The molecule has 2 aromatic rings. The molecule has 0 unspecified atom stereocenters. The molecule has 0 aromatic heterocycles. The lowest BCUT2D eigenvalue weighted by Crippen LogP contribution is -2.22. The molecule has 156 valence electrons. The van der Waals surface area contributed by atoms with Crippen molar-refractivity contribution in [2.24, 2.45) is 0 Å². The number of sulfonamides is 1. The minimum Gasteiger partial charge on any atom is -0.447 e. The van der Waals surface area contributed by atoms with Crippen LogP contribution in [0.3, 0.4) is 0 Å². The lowest BCUT2D eigenvalue weighted by Gasteiger charge is -2.12. The van der Waals surface area contributed by atoms with E-state index in [0.29, 0.717) is 11.4 Å². The van der Waals surface area contributed by atoms with Gasteiger partial charge >= 0.3 is 6.09 Å². The predicted octanol–water partition coefficient (Wildman–Crippen LogP) is 2.38. The molecule has 0 fully saturated rings. The third-order valence-electron chi connectivity index (χ3n) is 3.76. The second-order valence-corrected chi connectivity index (χ2v) is 8.26. The first-order valence-electron chi connectivity index (χ1n) is 8.61. The molecule has 2 aromatic carbocycles. The first-order chi connectivity index (χ1) is 13.7. The Kier molecular flexibility index (Phi) is 7.71. The molecule has 2 rings (SSSR count). The second-order valence-electron chi connectivity index (χ2n) is 6.10. The van der Waals surface area contributed by atoms with E-state index in [-0.39, 0.29) is 23.7 Å². The molecule has 0 aliphatic rings. The lowest BCUT2D eigenvalue weighted by atomic mass is 10.2. The average Bonchev–Trinajstić information content (AvgIpc) is 2.68. The summed E-state index contributed by atoms with van der Waals surface area (Å²) in [7, 11) is 0.681. The Bertz CT molecular complexity index is 975. The van der Waals surface area contributed by atoms with Gasteiger partial charge in [0.2, 0.25) is 10.0 Å². The van der Waals surface area contributed by atoms with Crippen molar-refractivity contribution in [3.8, 4) is 0 Å². The highest BCUT2D eigenvalue weighted by molar-refractivity contribution is 7.89. The van der Waals surface area contributed by atoms with Crippen molar-refractivity contribution in [2.45, 2.75) is 4.90 Å². The number of carbonyl (C=O) groups excluding carboxylic acids is 2. The van der Waals surface area contributed by atoms with Crippen LogP contribution in [0, 0.1) is 0 Å². The second kappa shape index (κ2) is 10.0. The van der Waals surface area contributed by atoms with Crippen LogP contribution in [0.5, 0.6) is 0 Å². The topological polar surface area (TPSA) is 114 Å². The van der Waals surface area contributed by atoms with Crippen LogP contribution in [0.4, 0.5) is 16.2 Å². The van der Waals surface area contributed by atoms with Gasteiger partial charge in [-0.3, -0.25) is 10.1 Å². The van der Waals surface area contributed by atoms with E-state index >= 15 is 0 Å². The number of carbonyl (C=O) groups is 2. The molecule has 29 heavy (non-hydrogen) atoms. The minimum atomic E-state index is -3.65. The number of anilines is 2. The Morgan fingerprint density at radius 3 is 2.28 bits per heavy atom. The zero-order valence-corrected chi connectivity index (χ0v) is 17.2. The Hall–Kier alpha value is -2.95. The monoisotopic (exact) mass is 421 g/mol. The number of benzene rings is 2. The van der Waals surface area contributed by atoms with Crippen LogP contribution < -0.4 is 10.6 Å². The molecular weight excluding hydrogens is 398 g/mol. The lowest BCUT2D eigenvalue weighted by molar-refractivity contribution is 0.102. The number of nitrogens with one attached hydrogen (secondary N) is 2. The Balaban J connectivity index is 2.09. The fourth-order valence-corrected chi connectivity index (χ4v) is 3.21. The molecule has 0 aliphatic heterocycles. The normalized spacial score (nSPS) is 11.2. The third-order valence-corrected chi connectivity index (χ3v) is 5.57. The van der Waals surface area contributed by atoms with E-state index in [9.17, 15) is 18.0 Å². The number of ether oxygens (including phenoxy) is 2. The third kappa shape index (κ3) is 6.28. The smallest absolute Gasteiger partial charge is 0.411 e. The molecule has 0 bridgehead atoms. The van der Waals surface area contributed by atoms with Gasteiger partial charge in [-0.15, -0.1) is 0 Å². The number of amides is 2. The van der Waals surface area contributed by atoms with E-state index < -0.39 is 22.0 Å². The van der Waals surface area contributed by atoms with Gasteiger partial charge < -0.3 is 14.8 Å². The molecule has 0 saturated heterocycles. The summed E-state index contributed by atoms with van der Waals surface area (Å²) in [5, 5.41) is 5.22. The van der Waals surface area contributed by atoms with Gasteiger partial charge in [-0.1, -0.05) is 12.1 Å². The summed E-state index contributed by atoms with van der Waals surface area (Å²) in [5.74, 6) is -0.486. The SMILES string of the molecule is COCCOC(=O)Nc1cccc(NC(=O)c2cccc(S(=O)(=O)N(C)C)c2)c1. The van der Waals surface area contributed by atoms with Crippen molar-refractivity contribution in [3.63, 3.8) is 0 Å². The van der Waals surface area contributed by atoms with Crippen molar-refractivity contribution in [3.05, 3.63) is 54.1 Å². The van der Waals surface area contributed by atoms with Gasteiger partial charge in [0.05, 0.1) is 11.5 Å². The largest absolute Gasteiger partial charge is 0.447 e. The van der Waals surface area contributed by atoms with Crippen molar-refractivity contribution in [1.82, 2.24) is 4.31 Å². The quantitative estimate of drug-likeness (QED) is 0.633. The van der Waals surface area contributed by atoms with E-state index in [0.717, 1.165) is 4.31 Å². The van der Waals surface area contributed by atoms with Gasteiger partial charge in [-0.05, 0) is 36.4 Å². The van der Waals surface area contributed by atoms with Crippen molar-refractivity contribution < 1.29 is 27.5 Å². The Morgan fingerprint density at radius 1 is 0.966 bits per heavy atom. The van der Waals surface area contributed by atoms with Gasteiger partial charge in [0.25, 0.3) is 5.91 Å². The van der Waals surface area contributed by atoms with E-state index in [1.165, 1.54) is 45.5 Å². The van der Waals surface area contributed by atoms with Gasteiger partial charge in [-0.25, -0.2) is 17.5 Å². The number of nitrogens with zero attached hydrogens (tertiary/aromatic N) is 1. The molecule has 0 saturated carbocycles. The maximum Gasteiger partial charge on any atom is 0.411 e. The molecule has 0 aliphatic carbocycles. The van der Waals surface area contributed by atoms with Crippen LogP contribution in [-0.4, -0.2) is 59.1 Å². The summed E-state index contributed by atoms with van der Waals surface area (Å²) in [6, 6.07) is 12.2. The van der Waals surface area contributed by atoms with Crippen LogP contribution in [0.1, 0.15) is 10.4 Å². The molecule has 10 heteroatoms. The fourth-order valence-electron chi connectivity index (χ4n) is 2.26. The number of methoxy groups -OCH3 is 1. The van der Waals surface area contributed by atoms with Crippen molar-refractivity contribution in [1.29, 1.82) is 0 Å². The maximum atomic E-state index is 12.5. The molecule has 0 heterocycles. The summed E-state index contributed by atoms with van der Waals surface area (Å²) in [6.45, 7) is 0.400. The summed E-state index contributed by atoms with van der Waals surface area (Å²) < 4.78 is 35.3. The van der Waals surface area contributed by atoms with Gasteiger partial charge in [0.15, 0.2) is 0 Å². The highest BCUT2D eigenvalue weighted by Gasteiger charge is 2.18. The van der Waals surface area contributed by atoms with E-state index in [2.05, 4.69) is 10.6 Å². The summed E-state index contributed by atoms with van der Waals surface area (Å²) in [4.78, 5) is 24.2. The highest BCUT2D eigenvalue weighted by atomic mass is 32.2. The zero-order valence-electron chi connectivity index (χ0n) is 16.3. The number of rotatable bonds is 8. The number of hydrogen-bond donors (Lipinski definition) is 2. The van der Waals surface area contributed by atoms with Crippen LogP contribution in [0.25, 0.3) is 0 Å². The molecular formula is C19H23N3O6S. The van der Waals surface area contributed by atoms with Crippen LogP contribution >= 0.6 is 0 Å². The van der Waals surface area contributed by atoms with E-state index in [4.69, 9.17) is 9.47 Å². The highest BCUT2D eigenvalue weighted by Crippen LogP contribution is 2.18. The fraction of sp³-hybridized carbons (Fsp3) is 0.263. The van der Waals surface area contributed by atoms with E-state index in [1.807, 2.05) is 0 Å². The minimum absolute atomic E-state index is 0.0179. The van der Waals surface area contributed by atoms with Crippen LogP contribution in [0.15, 0.2) is 53.4 Å². The van der Waals surface area contributed by atoms with Crippen molar-refractivity contribution in [2.75, 3.05) is 45.1 Å². The van der Waals surface area contributed by atoms with Crippen LogP contribution in [0.2, 0.25) is 0 Å². The number of hydrogen-bond acceptors (Lipinski definition) is 6. The average molecular weight is 421 g/mol. The molecule has 2 N–H and O–H groups in total. The molecule has 0 spiro atoms. The molecule has 2 amide bonds. The summed E-state index contributed by atoms with van der Waals surface area (Å²) >= 11 is 0. The zero-order chi connectivity index (χ0) is 21.4. The molecule has 0 atom stereocenters. The molecule has 9 nitrogen and oxygen atoms in total. The summed E-state index contributed by atoms with van der Waals surface area (Å²) in [6.07, 6.45) is -0.646. The van der Waals surface area contributed by atoms with E-state index in [1.54, 1.807) is 24.3 Å². The Morgan fingerprint density at radius 2 is 1.62 bits per heavy atom. The van der Waals surface area contributed by atoms with Crippen LogP contribution in [-0.2, 0) is 19.5 Å². The summed E-state index contributed by atoms with van der Waals surface area (Å²) in [5.41, 5.74) is 1.03. The Labute approximate surface area is 169 Å². The first-order valence-corrected chi connectivity index (χ1v) is 10.0. The van der Waals surface area contributed by atoms with Gasteiger partial charge in [-0.2, -0.15) is 0 Å². The standard InChI is InChI=1S/C19H23N3O6S/c1-22(2)29(25,26)17-9-4-6-14(12-17)18(23)20-15-7-5-8-16(13-15)21-19(24)28-11-10-27-3/h4-9,12-13H,10-11H2,1-3H3,(H,20,23)(H,21,24). The first kappa shape index (κ1) is 22.3. The molecule has 0 radical (unpaired) electrons. The van der Waals surface area contributed by atoms with Crippen molar-refractivity contribution >= 4 is 33.4 Å². The maximum absolute atomic E-state index is 12.5. The van der Waals surface area contributed by atoms with Gasteiger partial charge in [0, 0.05) is 38.1 Å². The predicted molar refractivity (Wildman–Crippen MR) is 109 cm³/mol.